The smallest absolute Gasteiger partial charge is 0.310 e. The molecular formula is C21H32N2O2. The lowest BCUT2D eigenvalue weighted by atomic mass is 9.81. The lowest BCUT2D eigenvalue weighted by Gasteiger charge is -2.40. The van der Waals surface area contributed by atoms with E-state index in [0.29, 0.717) is 37.5 Å². The van der Waals surface area contributed by atoms with Gasteiger partial charge in [-0.15, -0.1) is 0 Å². The van der Waals surface area contributed by atoms with Gasteiger partial charge in [0, 0.05) is 31.2 Å². The first kappa shape index (κ1) is 18.4. The SMILES string of the molecule is CCC(CC)(CNC1CC2CCC(C1)N2Cc1ccccc1)C(=O)O. The summed E-state index contributed by atoms with van der Waals surface area (Å²) in [5, 5.41) is 13.3. The van der Waals surface area contributed by atoms with E-state index in [1.54, 1.807) is 0 Å². The number of nitrogens with zero attached hydrogens (tertiary/aromatic N) is 1. The van der Waals surface area contributed by atoms with E-state index in [0.717, 1.165) is 19.4 Å². The maximum atomic E-state index is 11.7. The average Bonchev–Trinajstić information content (AvgIpc) is 2.86. The number of fused-ring (bicyclic) bond motifs is 2. The number of hydrogen-bond acceptors (Lipinski definition) is 3. The van der Waals surface area contributed by atoms with Gasteiger partial charge in [0.2, 0.25) is 0 Å². The molecule has 2 fully saturated rings. The minimum absolute atomic E-state index is 0.460. The second-order valence-electron chi connectivity index (χ2n) is 7.88. The summed E-state index contributed by atoms with van der Waals surface area (Å²) in [6, 6.07) is 12.5. The highest BCUT2D eigenvalue weighted by molar-refractivity contribution is 5.74. The molecule has 4 heteroatoms. The van der Waals surface area contributed by atoms with Gasteiger partial charge in [-0.05, 0) is 44.1 Å². The van der Waals surface area contributed by atoms with Gasteiger partial charge in [0.15, 0.2) is 0 Å². The molecule has 2 aliphatic rings. The Morgan fingerprint density at radius 3 is 2.28 bits per heavy atom. The van der Waals surface area contributed by atoms with Crippen LogP contribution in [0.15, 0.2) is 30.3 Å². The van der Waals surface area contributed by atoms with E-state index in [1.807, 2.05) is 13.8 Å². The van der Waals surface area contributed by atoms with Gasteiger partial charge in [-0.25, -0.2) is 0 Å². The predicted molar refractivity (Wildman–Crippen MR) is 100 cm³/mol. The molecule has 2 aliphatic heterocycles. The zero-order chi connectivity index (χ0) is 17.9. The van der Waals surface area contributed by atoms with Crippen molar-refractivity contribution >= 4 is 5.97 Å². The highest BCUT2D eigenvalue weighted by Crippen LogP contribution is 2.37. The van der Waals surface area contributed by atoms with E-state index in [4.69, 9.17) is 0 Å². The van der Waals surface area contributed by atoms with E-state index in [2.05, 4.69) is 40.5 Å². The topological polar surface area (TPSA) is 52.6 Å². The van der Waals surface area contributed by atoms with Crippen LogP contribution in [0.3, 0.4) is 0 Å². The number of carboxylic acid groups (broad SMARTS) is 1. The summed E-state index contributed by atoms with van der Waals surface area (Å²) in [6.45, 7) is 5.63. The number of benzene rings is 1. The molecule has 2 N–H and O–H groups in total. The fraction of sp³-hybridized carbons (Fsp3) is 0.667. The lowest BCUT2D eigenvalue weighted by Crippen LogP contribution is -2.51. The molecule has 3 rings (SSSR count). The van der Waals surface area contributed by atoms with Gasteiger partial charge in [0.05, 0.1) is 5.41 Å². The van der Waals surface area contributed by atoms with Gasteiger partial charge in [0.25, 0.3) is 0 Å². The van der Waals surface area contributed by atoms with Crippen molar-refractivity contribution in [1.82, 2.24) is 10.2 Å². The van der Waals surface area contributed by atoms with Crippen LogP contribution < -0.4 is 5.32 Å². The second-order valence-corrected chi connectivity index (χ2v) is 7.88. The van der Waals surface area contributed by atoms with Crippen LogP contribution >= 0.6 is 0 Å². The van der Waals surface area contributed by atoms with Crippen LogP contribution in [0.5, 0.6) is 0 Å². The van der Waals surface area contributed by atoms with Crippen LogP contribution in [0, 0.1) is 5.41 Å². The number of rotatable bonds is 8. The molecule has 0 amide bonds. The molecule has 138 valence electrons. The van der Waals surface area contributed by atoms with Crippen molar-refractivity contribution in [3.05, 3.63) is 35.9 Å². The zero-order valence-corrected chi connectivity index (χ0v) is 15.6. The number of hydrogen-bond donors (Lipinski definition) is 2. The van der Waals surface area contributed by atoms with Crippen molar-refractivity contribution in [3.8, 4) is 0 Å². The minimum Gasteiger partial charge on any atom is -0.481 e. The first-order chi connectivity index (χ1) is 12.1. The highest BCUT2D eigenvalue weighted by atomic mass is 16.4. The number of nitrogens with one attached hydrogen (secondary N) is 1. The molecule has 0 aliphatic carbocycles. The first-order valence-electron chi connectivity index (χ1n) is 9.84. The third-order valence-corrected chi connectivity index (χ3v) is 6.63. The van der Waals surface area contributed by atoms with E-state index < -0.39 is 11.4 Å². The van der Waals surface area contributed by atoms with E-state index in [9.17, 15) is 9.90 Å². The molecule has 4 nitrogen and oxygen atoms in total. The quantitative estimate of drug-likeness (QED) is 0.756. The molecular weight excluding hydrogens is 312 g/mol. The van der Waals surface area contributed by atoms with Crippen molar-refractivity contribution < 1.29 is 9.90 Å². The van der Waals surface area contributed by atoms with Gasteiger partial charge in [-0.1, -0.05) is 44.2 Å². The standard InChI is InChI=1S/C21H32N2O2/c1-3-21(4-2,20(24)25)15-22-17-12-18-10-11-19(13-17)23(18)14-16-8-6-5-7-9-16/h5-9,17-19,22H,3-4,10-15H2,1-2H3,(H,24,25). The fourth-order valence-electron chi connectivity index (χ4n) is 4.71. The third kappa shape index (κ3) is 3.90. The molecule has 1 aromatic carbocycles. The van der Waals surface area contributed by atoms with Crippen molar-refractivity contribution in [1.29, 1.82) is 0 Å². The summed E-state index contributed by atoms with van der Waals surface area (Å²) >= 11 is 0. The Morgan fingerprint density at radius 1 is 1.16 bits per heavy atom. The van der Waals surface area contributed by atoms with Crippen molar-refractivity contribution in [2.45, 2.75) is 77.0 Å². The Hall–Kier alpha value is -1.39. The third-order valence-electron chi connectivity index (χ3n) is 6.63. The summed E-state index contributed by atoms with van der Waals surface area (Å²) in [7, 11) is 0. The van der Waals surface area contributed by atoms with Crippen LogP contribution in [0.25, 0.3) is 0 Å². The molecule has 2 heterocycles. The first-order valence-corrected chi connectivity index (χ1v) is 9.84. The Balaban J connectivity index is 1.57. The van der Waals surface area contributed by atoms with Crippen LogP contribution in [0.1, 0.15) is 57.9 Å². The Morgan fingerprint density at radius 2 is 1.76 bits per heavy atom. The summed E-state index contributed by atoms with van der Waals surface area (Å²) in [5.41, 5.74) is 0.785. The molecule has 0 spiro atoms. The molecule has 0 aromatic heterocycles. The van der Waals surface area contributed by atoms with Crippen LogP contribution in [-0.2, 0) is 11.3 Å². The summed E-state index contributed by atoms with van der Waals surface area (Å²) in [6.07, 6.45) is 6.22. The number of carboxylic acids is 1. The van der Waals surface area contributed by atoms with Crippen LogP contribution in [0.2, 0.25) is 0 Å². The van der Waals surface area contributed by atoms with Crippen molar-refractivity contribution in [2.75, 3.05) is 6.54 Å². The molecule has 0 saturated carbocycles. The maximum Gasteiger partial charge on any atom is 0.310 e. The maximum absolute atomic E-state index is 11.7. The van der Waals surface area contributed by atoms with Gasteiger partial charge in [-0.2, -0.15) is 0 Å². The Bertz CT molecular complexity index is 557. The summed E-state index contributed by atoms with van der Waals surface area (Å²) in [4.78, 5) is 14.4. The van der Waals surface area contributed by atoms with Gasteiger partial charge in [-0.3, -0.25) is 9.69 Å². The Kier molecular flexibility index (Phi) is 5.80. The molecule has 2 bridgehead atoms. The molecule has 2 unspecified atom stereocenters. The van der Waals surface area contributed by atoms with Gasteiger partial charge < -0.3 is 10.4 Å². The van der Waals surface area contributed by atoms with Gasteiger partial charge in [0.1, 0.15) is 0 Å². The lowest BCUT2D eigenvalue weighted by molar-refractivity contribution is -0.149. The largest absolute Gasteiger partial charge is 0.481 e. The van der Waals surface area contributed by atoms with Crippen molar-refractivity contribution in [3.63, 3.8) is 0 Å². The van der Waals surface area contributed by atoms with E-state index in [1.165, 1.54) is 18.4 Å². The fourth-order valence-corrected chi connectivity index (χ4v) is 4.71. The molecule has 0 radical (unpaired) electrons. The molecule has 2 atom stereocenters. The molecule has 1 aromatic rings. The number of aliphatic carboxylic acids is 1. The van der Waals surface area contributed by atoms with E-state index >= 15 is 0 Å². The van der Waals surface area contributed by atoms with Crippen molar-refractivity contribution in [2.24, 2.45) is 5.41 Å². The predicted octanol–water partition coefficient (Wildman–Crippen LogP) is 3.66. The minimum atomic E-state index is -0.658. The zero-order valence-electron chi connectivity index (χ0n) is 15.6. The monoisotopic (exact) mass is 344 g/mol. The van der Waals surface area contributed by atoms with Gasteiger partial charge >= 0.3 is 5.97 Å². The molecule has 2 saturated heterocycles. The second kappa shape index (κ2) is 7.88. The number of piperidine rings is 1. The van der Waals surface area contributed by atoms with Crippen LogP contribution in [-0.4, -0.2) is 40.6 Å². The average molecular weight is 344 g/mol. The summed E-state index contributed by atoms with van der Waals surface area (Å²) < 4.78 is 0. The Labute approximate surface area is 151 Å². The number of carbonyl (C=O) groups is 1. The van der Waals surface area contributed by atoms with Crippen LogP contribution in [0.4, 0.5) is 0 Å². The normalized spacial score (nSPS) is 26.7. The van der Waals surface area contributed by atoms with E-state index in [-0.39, 0.29) is 0 Å². The summed E-state index contributed by atoms with van der Waals surface area (Å²) in [5.74, 6) is -0.658. The highest BCUT2D eigenvalue weighted by Gasteiger charge is 2.42. The molecule has 25 heavy (non-hydrogen) atoms.